The van der Waals surface area contributed by atoms with E-state index in [1.54, 1.807) is 17.0 Å². The van der Waals surface area contributed by atoms with E-state index >= 15 is 0 Å². The Morgan fingerprint density at radius 3 is 2.43 bits per heavy atom. The monoisotopic (exact) mass is 496 g/mol. The molecule has 2 saturated heterocycles. The van der Waals surface area contributed by atoms with Crippen LogP contribution in [0.3, 0.4) is 0 Å². The molecule has 0 spiro atoms. The summed E-state index contributed by atoms with van der Waals surface area (Å²) in [5.41, 5.74) is 4.03. The van der Waals surface area contributed by atoms with Crippen LogP contribution in [0.5, 0.6) is 0 Å². The standard InChI is InChI=1S/C26H32N4O4S/c1-2-28-12-14-29(15-13-28)35(33,34)24-10-7-22(8-11-24)27-26(32)21-17-25(31)30(18-21)23-9-6-19-4-3-5-20(19)16-23/h6-11,16,21H,2-5,12-15,17-18H2,1H3,(H,27,32). The van der Waals surface area contributed by atoms with Gasteiger partial charge in [0.15, 0.2) is 0 Å². The molecule has 186 valence electrons. The van der Waals surface area contributed by atoms with Crippen molar-refractivity contribution in [2.45, 2.75) is 37.5 Å². The van der Waals surface area contributed by atoms with E-state index in [4.69, 9.17) is 0 Å². The molecule has 0 aromatic heterocycles. The van der Waals surface area contributed by atoms with Crippen LogP contribution in [0.2, 0.25) is 0 Å². The largest absolute Gasteiger partial charge is 0.326 e. The summed E-state index contributed by atoms with van der Waals surface area (Å²) in [5, 5.41) is 2.86. The second-order valence-corrected chi connectivity index (χ2v) is 11.5. The summed E-state index contributed by atoms with van der Waals surface area (Å²) in [5.74, 6) is -0.727. The minimum atomic E-state index is -3.56. The minimum absolute atomic E-state index is 0.0484. The van der Waals surface area contributed by atoms with Crippen molar-refractivity contribution in [3.05, 3.63) is 53.6 Å². The van der Waals surface area contributed by atoms with Crippen molar-refractivity contribution in [1.82, 2.24) is 9.21 Å². The summed E-state index contributed by atoms with van der Waals surface area (Å²) in [7, 11) is -3.56. The highest BCUT2D eigenvalue weighted by Crippen LogP contribution is 2.31. The Bertz CT molecular complexity index is 1220. The van der Waals surface area contributed by atoms with Gasteiger partial charge in [0.1, 0.15) is 0 Å². The third-order valence-corrected chi connectivity index (χ3v) is 9.34. The lowest BCUT2D eigenvalue weighted by atomic mass is 10.1. The van der Waals surface area contributed by atoms with Crippen molar-refractivity contribution < 1.29 is 18.0 Å². The van der Waals surface area contributed by atoms with Crippen LogP contribution in [0, 0.1) is 5.92 Å². The second-order valence-electron chi connectivity index (χ2n) is 9.56. The predicted octanol–water partition coefficient (Wildman–Crippen LogP) is 2.49. The van der Waals surface area contributed by atoms with Crippen molar-refractivity contribution in [3.8, 4) is 0 Å². The number of likely N-dealkylation sites (N-methyl/N-ethyl adjacent to an activating group) is 1. The van der Waals surface area contributed by atoms with Gasteiger partial charge in [0.05, 0.1) is 10.8 Å². The summed E-state index contributed by atoms with van der Waals surface area (Å²) in [6, 6.07) is 12.5. The van der Waals surface area contributed by atoms with Gasteiger partial charge in [-0.15, -0.1) is 0 Å². The van der Waals surface area contributed by atoms with Gasteiger partial charge < -0.3 is 15.1 Å². The molecule has 2 amide bonds. The molecular formula is C26H32N4O4S. The Balaban J connectivity index is 1.21. The highest BCUT2D eigenvalue weighted by atomic mass is 32.2. The first-order valence-corrected chi connectivity index (χ1v) is 13.8. The number of amides is 2. The number of rotatable bonds is 6. The van der Waals surface area contributed by atoms with E-state index in [9.17, 15) is 18.0 Å². The number of hydrogen-bond donors (Lipinski definition) is 1. The molecule has 2 aromatic carbocycles. The van der Waals surface area contributed by atoms with Crippen LogP contribution < -0.4 is 10.2 Å². The number of sulfonamides is 1. The number of aryl methyl sites for hydroxylation is 2. The maximum absolute atomic E-state index is 13.0. The molecule has 5 rings (SSSR count). The fourth-order valence-electron chi connectivity index (χ4n) is 5.25. The third-order valence-electron chi connectivity index (χ3n) is 7.43. The second kappa shape index (κ2) is 9.72. The van der Waals surface area contributed by atoms with E-state index < -0.39 is 15.9 Å². The molecule has 2 aromatic rings. The van der Waals surface area contributed by atoms with Crippen LogP contribution in [0.15, 0.2) is 47.4 Å². The molecule has 1 atom stereocenters. The van der Waals surface area contributed by atoms with Crippen LogP contribution in [0.4, 0.5) is 11.4 Å². The van der Waals surface area contributed by atoms with Crippen LogP contribution in [-0.4, -0.2) is 68.7 Å². The number of anilines is 2. The zero-order chi connectivity index (χ0) is 24.6. The number of fused-ring (bicyclic) bond motifs is 1. The normalized spacial score (nSPS) is 21.3. The number of hydrogen-bond acceptors (Lipinski definition) is 5. The van der Waals surface area contributed by atoms with Crippen molar-refractivity contribution in [1.29, 1.82) is 0 Å². The number of piperazine rings is 1. The van der Waals surface area contributed by atoms with E-state index in [0.29, 0.717) is 25.3 Å². The third kappa shape index (κ3) is 4.85. The summed E-state index contributed by atoms with van der Waals surface area (Å²) in [6.45, 7) is 5.75. The first-order valence-electron chi connectivity index (χ1n) is 12.4. The van der Waals surface area contributed by atoms with Gasteiger partial charge in [-0.2, -0.15) is 4.31 Å². The van der Waals surface area contributed by atoms with E-state index in [2.05, 4.69) is 29.3 Å². The van der Waals surface area contributed by atoms with Gasteiger partial charge in [-0.25, -0.2) is 8.42 Å². The average molecular weight is 497 g/mol. The first-order chi connectivity index (χ1) is 16.8. The number of nitrogens with zero attached hydrogens (tertiary/aromatic N) is 3. The quantitative estimate of drug-likeness (QED) is 0.664. The molecule has 0 radical (unpaired) electrons. The highest BCUT2D eigenvalue weighted by Gasteiger charge is 2.35. The van der Waals surface area contributed by atoms with Crippen LogP contribution in [0.25, 0.3) is 0 Å². The summed E-state index contributed by atoms with van der Waals surface area (Å²) >= 11 is 0. The number of nitrogens with one attached hydrogen (secondary N) is 1. The zero-order valence-electron chi connectivity index (χ0n) is 20.1. The van der Waals surface area contributed by atoms with Crippen molar-refractivity contribution >= 4 is 33.2 Å². The van der Waals surface area contributed by atoms with Gasteiger partial charge in [-0.05, 0) is 73.3 Å². The van der Waals surface area contributed by atoms with Gasteiger partial charge in [-0.3, -0.25) is 9.59 Å². The maximum atomic E-state index is 13.0. The van der Waals surface area contributed by atoms with Crippen molar-refractivity contribution in [2.24, 2.45) is 5.92 Å². The molecule has 1 N–H and O–H groups in total. The van der Waals surface area contributed by atoms with Gasteiger partial charge in [0.25, 0.3) is 0 Å². The summed E-state index contributed by atoms with van der Waals surface area (Å²) in [6.07, 6.45) is 3.44. The van der Waals surface area contributed by atoms with Gasteiger partial charge in [0, 0.05) is 50.5 Å². The molecule has 0 bridgehead atoms. The van der Waals surface area contributed by atoms with E-state index in [0.717, 1.165) is 44.6 Å². The molecule has 2 fully saturated rings. The fourth-order valence-corrected chi connectivity index (χ4v) is 6.67. The maximum Gasteiger partial charge on any atom is 0.243 e. The summed E-state index contributed by atoms with van der Waals surface area (Å²) < 4.78 is 27.5. The molecule has 35 heavy (non-hydrogen) atoms. The minimum Gasteiger partial charge on any atom is -0.326 e. The molecule has 1 aliphatic carbocycles. The Kier molecular flexibility index (Phi) is 6.65. The van der Waals surface area contributed by atoms with Gasteiger partial charge in [-0.1, -0.05) is 13.0 Å². The predicted molar refractivity (Wildman–Crippen MR) is 135 cm³/mol. The lowest BCUT2D eigenvalue weighted by molar-refractivity contribution is -0.122. The Hall–Kier alpha value is -2.75. The molecule has 0 saturated carbocycles. The molecular weight excluding hydrogens is 464 g/mol. The van der Waals surface area contributed by atoms with Crippen LogP contribution in [0.1, 0.15) is 30.9 Å². The number of carbonyl (C=O) groups is 2. The Labute approximate surface area is 206 Å². The number of carbonyl (C=O) groups excluding carboxylic acids is 2. The molecule has 3 aliphatic rings. The van der Waals surface area contributed by atoms with Crippen molar-refractivity contribution in [2.75, 3.05) is 49.5 Å². The average Bonchev–Trinajstić information content (AvgIpc) is 3.50. The molecule has 2 aliphatic heterocycles. The zero-order valence-corrected chi connectivity index (χ0v) is 20.9. The number of benzene rings is 2. The van der Waals surface area contributed by atoms with E-state index in [1.807, 2.05) is 6.07 Å². The first kappa shape index (κ1) is 24.0. The van der Waals surface area contributed by atoms with Gasteiger partial charge in [0.2, 0.25) is 21.8 Å². The van der Waals surface area contributed by atoms with Gasteiger partial charge >= 0.3 is 0 Å². The fraction of sp³-hybridized carbons (Fsp3) is 0.462. The summed E-state index contributed by atoms with van der Waals surface area (Å²) in [4.78, 5) is 29.7. The Morgan fingerprint density at radius 2 is 1.71 bits per heavy atom. The topological polar surface area (TPSA) is 90.0 Å². The molecule has 9 heteroatoms. The molecule has 1 unspecified atom stereocenters. The SMILES string of the molecule is CCN1CCN(S(=O)(=O)c2ccc(NC(=O)C3CC(=O)N(c4ccc5c(c4)CCC5)C3)cc2)CC1. The van der Waals surface area contributed by atoms with Crippen LogP contribution in [-0.2, 0) is 32.5 Å². The van der Waals surface area contributed by atoms with E-state index in [-0.39, 0.29) is 23.1 Å². The van der Waals surface area contributed by atoms with E-state index in [1.165, 1.54) is 27.6 Å². The lowest BCUT2D eigenvalue weighted by Crippen LogP contribution is -2.48. The highest BCUT2D eigenvalue weighted by molar-refractivity contribution is 7.89. The van der Waals surface area contributed by atoms with Crippen LogP contribution >= 0.6 is 0 Å². The molecule has 8 nitrogen and oxygen atoms in total. The Morgan fingerprint density at radius 1 is 1.00 bits per heavy atom. The van der Waals surface area contributed by atoms with Crippen molar-refractivity contribution in [3.63, 3.8) is 0 Å². The lowest BCUT2D eigenvalue weighted by Gasteiger charge is -2.33. The molecule has 2 heterocycles. The smallest absolute Gasteiger partial charge is 0.243 e.